The van der Waals surface area contributed by atoms with Crippen molar-refractivity contribution in [2.75, 3.05) is 0 Å². The Hall–Kier alpha value is -1.35. The summed E-state index contributed by atoms with van der Waals surface area (Å²) in [5, 5.41) is 0.805. The molecule has 0 spiro atoms. The summed E-state index contributed by atoms with van der Waals surface area (Å²) in [7, 11) is 0. The molecule has 0 amide bonds. The summed E-state index contributed by atoms with van der Waals surface area (Å²) in [6, 6.07) is 16.7. The third kappa shape index (κ3) is 3.65. The molecular weight excluding hydrogens is 280 g/mol. The minimum atomic E-state index is -0.0930. The van der Waals surface area contributed by atoms with E-state index < -0.39 is 0 Å². The van der Waals surface area contributed by atoms with Crippen LogP contribution in [0.15, 0.2) is 48.5 Å². The van der Waals surface area contributed by atoms with E-state index in [-0.39, 0.29) is 11.5 Å². The zero-order valence-electron chi connectivity index (χ0n) is 12.9. The maximum absolute atomic E-state index is 6.36. The molecule has 0 aliphatic heterocycles. The molecule has 0 radical (unpaired) electrons. The van der Waals surface area contributed by atoms with Crippen molar-refractivity contribution in [3.05, 3.63) is 70.2 Å². The molecule has 2 aromatic rings. The van der Waals surface area contributed by atoms with E-state index in [1.165, 1.54) is 11.1 Å². The third-order valence-corrected chi connectivity index (χ3v) is 4.57. The Labute approximate surface area is 132 Å². The molecule has 112 valence electrons. The number of aryl methyl sites for hydroxylation is 1. The molecule has 2 rings (SSSR count). The minimum Gasteiger partial charge on any atom is -0.271 e. The highest BCUT2D eigenvalue weighted by atomic mass is 35.5. The van der Waals surface area contributed by atoms with Crippen LogP contribution in [0.3, 0.4) is 0 Å². The second-order valence-corrected chi connectivity index (χ2v) is 6.51. The Bertz CT molecular complexity index is 593. The first-order valence-electron chi connectivity index (χ1n) is 7.22. The smallest absolute Gasteiger partial charge is 0.0441 e. The van der Waals surface area contributed by atoms with Crippen LogP contribution in [-0.4, -0.2) is 6.04 Å². The summed E-state index contributed by atoms with van der Waals surface area (Å²) in [5.74, 6) is 5.83. The lowest BCUT2D eigenvalue weighted by Gasteiger charge is -2.35. The largest absolute Gasteiger partial charge is 0.271 e. The quantitative estimate of drug-likeness (QED) is 0.647. The molecule has 0 aliphatic carbocycles. The van der Waals surface area contributed by atoms with Gasteiger partial charge < -0.3 is 0 Å². The third-order valence-electron chi connectivity index (χ3n) is 4.22. The molecule has 1 atom stereocenters. The molecule has 0 saturated heterocycles. The minimum absolute atomic E-state index is 0.0930. The van der Waals surface area contributed by atoms with Crippen LogP contribution >= 0.6 is 11.6 Å². The predicted octanol–water partition coefficient (Wildman–Crippen LogP) is 4.00. The van der Waals surface area contributed by atoms with Gasteiger partial charge in [0.05, 0.1) is 0 Å². The van der Waals surface area contributed by atoms with Crippen molar-refractivity contribution >= 4 is 11.6 Å². The maximum Gasteiger partial charge on any atom is 0.0441 e. The zero-order valence-corrected chi connectivity index (χ0v) is 13.6. The first kappa shape index (κ1) is 16.0. The van der Waals surface area contributed by atoms with Crippen molar-refractivity contribution in [2.45, 2.75) is 38.6 Å². The number of hydrazine groups is 1. The second kappa shape index (κ2) is 6.61. The first-order chi connectivity index (χ1) is 9.95. The standard InChI is InChI=1S/C18H23ClN2/c1-13-9-10-14(16(19)11-13)12-17(21-20)18(2,3)15-7-5-4-6-8-15/h4-11,17,21H,12,20H2,1-3H3. The molecule has 2 nitrogen and oxygen atoms in total. The Kier molecular flexibility index (Phi) is 5.04. The van der Waals surface area contributed by atoms with E-state index in [9.17, 15) is 0 Å². The zero-order chi connectivity index (χ0) is 15.5. The molecule has 3 N–H and O–H groups in total. The van der Waals surface area contributed by atoms with Crippen molar-refractivity contribution in [3.8, 4) is 0 Å². The van der Waals surface area contributed by atoms with E-state index in [0.717, 1.165) is 17.0 Å². The van der Waals surface area contributed by atoms with Crippen LogP contribution in [0.1, 0.15) is 30.5 Å². The predicted molar refractivity (Wildman–Crippen MR) is 90.5 cm³/mol. The van der Waals surface area contributed by atoms with Crippen molar-refractivity contribution in [1.82, 2.24) is 5.43 Å². The summed E-state index contributed by atoms with van der Waals surface area (Å²) in [6.45, 7) is 6.45. The van der Waals surface area contributed by atoms with Gasteiger partial charge in [0.1, 0.15) is 0 Å². The second-order valence-electron chi connectivity index (χ2n) is 6.11. The summed E-state index contributed by atoms with van der Waals surface area (Å²) >= 11 is 6.36. The number of halogens is 1. The van der Waals surface area contributed by atoms with Crippen molar-refractivity contribution in [2.24, 2.45) is 5.84 Å². The highest BCUT2D eigenvalue weighted by Gasteiger charge is 2.31. The van der Waals surface area contributed by atoms with E-state index >= 15 is 0 Å². The van der Waals surface area contributed by atoms with Crippen LogP contribution in [0, 0.1) is 6.92 Å². The van der Waals surface area contributed by atoms with E-state index in [0.29, 0.717) is 0 Å². The van der Waals surface area contributed by atoms with Crippen molar-refractivity contribution in [1.29, 1.82) is 0 Å². The number of nitrogens with one attached hydrogen (secondary N) is 1. The first-order valence-corrected chi connectivity index (χ1v) is 7.59. The number of hydrogen-bond donors (Lipinski definition) is 2. The van der Waals surface area contributed by atoms with Gasteiger partial charge in [0.2, 0.25) is 0 Å². The van der Waals surface area contributed by atoms with Gasteiger partial charge in [0, 0.05) is 16.5 Å². The number of hydrogen-bond acceptors (Lipinski definition) is 2. The van der Waals surface area contributed by atoms with Crippen molar-refractivity contribution < 1.29 is 0 Å². The average Bonchev–Trinajstić information content (AvgIpc) is 2.47. The topological polar surface area (TPSA) is 38.0 Å². The summed E-state index contributed by atoms with van der Waals surface area (Å²) in [5.41, 5.74) is 6.43. The Morgan fingerprint density at radius 3 is 2.38 bits per heavy atom. The molecule has 0 bridgehead atoms. The lowest BCUT2D eigenvalue weighted by Crippen LogP contribution is -2.49. The molecule has 0 aliphatic rings. The lowest BCUT2D eigenvalue weighted by molar-refractivity contribution is 0.342. The normalized spacial score (nSPS) is 13.2. The van der Waals surface area contributed by atoms with Crippen LogP contribution < -0.4 is 11.3 Å². The molecule has 0 fully saturated rings. The van der Waals surface area contributed by atoms with E-state index in [1.807, 2.05) is 19.1 Å². The van der Waals surface area contributed by atoms with Crippen LogP contribution in [0.2, 0.25) is 5.02 Å². The van der Waals surface area contributed by atoms with Gasteiger partial charge in [-0.05, 0) is 36.1 Å². The van der Waals surface area contributed by atoms with Gasteiger partial charge >= 0.3 is 0 Å². The SMILES string of the molecule is Cc1ccc(CC(NN)C(C)(C)c2ccccc2)c(Cl)c1. The van der Waals surface area contributed by atoms with E-state index in [4.69, 9.17) is 17.4 Å². The molecule has 0 aromatic heterocycles. The van der Waals surface area contributed by atoms with Gasteiger partial charge in [-0.15, -0.1) is 0 Å². The summed E-state index contributed by atoms with van der Waals surface area (Å²) < 4.78 is 0. The number of benzene rings is 2. The molecular formula is C18H23ClN2. The van der Waals surface area contributed by atoms with Gasteiger partial charge in [-0.25, -0.2) is 0 Å². The number of nitrogens with two attached hydrogens (primary N) is 1. The van der Waals surface area contributed by atoms with Crippen molar-refractivity contribution in [3.63, 3.8) is 0 Å². The highest BCUT2D eigenvalue weighted by Crippen LogP contribution is 2.30. The molecule has 3 heteroatoms. The van der Waals surface area contributed by atoms with Crippen LogP contribution in [0.25, 0.3) is 0 Å². The molecule has 2 aromatic carbocycles. The lowest BCUT2D eigenvalue weighted by atomic mass is 9.75. The Balaban J connectivity index is 2.27. The monoisotopic (exact) mass is 302 g/mol. The summed E-state index contributed by atoms with van der Waals surface area (Å²) in [4.78, 5) is 0. The molecule has 21 heavy (non-hydrogen) atoms. The van der Waals surface area contributed by atoms with Gasteiger partial charge in [0.25, 0.3) is 0 Å². The Morgan fingerprint density at radius 1 is 1.14 bits per heavy atom. The van der Waals surface area contributed by atoms with Crippen LogP contribution in [-0.2, 0) is 11.8 Å². The number of rotatable bonds is 5. The highest BCUT2D eigenvalue weighted by molar-refractivity contribution is 6.31. The molecule has 0 saturated carbocycles. The molecule has 0 heterocycles. The Morgan fingerprint density at radius 2 is 1.81 bits per heavy atom. The van der Waals surface area contributed by atoms with Gasteiger partial charge in [0.15, 0.2) is 0 Å². The van der Waals surface area contributed by atoms with Gasteiger partial charge in [-0.3, -0.25) is 11.3 Å². The molecule has 1 unspecified atom stereocenters. The maximum atomic E-state index is 6.36. The average molecular weight is 303 g/mol. The van der Waals surface area contributed by atoms with Gasteiger partial charge in [-0.1, -0.05) is 67.9 Å². The van der Waals surface area contributed by atoms with Crippen LogP contribution in [0.5, 0.6) is 0 Å². The fraction of sp³-hybridized carbons (Fsp3) is 0.333. The summed E-state index contributed by atoms with van der Waals surface area (Å²) in [6.07, 6.45) is 0.789. The van der Waals surface area contributed by atoms with E-state index in [1.54, 1.807) is 0 Å². The fourth-order valence-corrected chi connectivity index (χ4v) is 2.94. The van der Waals surface area contributed by atoms with Gasteiger partial charge in [-0.2, -0.15) is 0 Å². The van der Waals surface area contributed by atoms with E-state index in [2.05, 4.69) is 55.7 Å². The van der Waals surface area contributed by atoms with Crippen LogP contribution in [0.4, 0.5) is 0 Å². The fourth-order valence-electron chi connectivity index (χ4n) is 2.63.